The van der Waals surface area contributed by atoms with Gasteiger partial charge in [-0.15, -0.1) is 0 Å². The number of nitrogens with zero attached hydrogens (tertiary/aromatic N) is 7. The zero-order valence-electron chi connectivity index (χ0n) is 25.5. The third kappa shape index (κ3) is 4.89. The first-order valence-corrected chi connectivity index (χ1v) is 15.8. The summed E-state index contributed by atoms with van der Waals surface area (Å²) in [5.41, 5.74) is 3.65. The molecular weight excluding hydrogens is 593 g/mol. The molecule has 7 rings (SSSR count). The number of carbonyl (C=O) groups is 1. The number of fused-ring (bicyclic) bond motifs is 4. The number of piperidine rings is 1. The molecular formula is C34H35ClFN7O2. The monoisotopic (exact) mass is 627 g/mol. The molecule has 232 valence electrons. The van der Waals surface area contributed by atoms with Gasteiger partial charge in [-0.2, -0.15) is 0 Å². The summed E-state index contributed by atoms with van der Waals surface area (Å²) in [6.45, 7) is 13.9. The Morgan fingerprint density at radius 2 is 2.13 bits per heavy atom. The average Bonchev–Trinajstić information content (AvgIpc) is 3.46. The number of anilines is 1. The first kappa shape index (κ1) is 29.5. The summed E-state index contributed by atoms with van der Waals surface area (Å²) < 4.78 is 25.1. The SMILES string of the molecule is [C-]#[N+]C[C@@H]1C[C@@H](n2cnc3c(N4CC(N(C)C)C4)nc4c(F)c(-c5cccc6c5OCCC6)c(Cl)cc4c32)CCN1C(=O)C=C. The van der Waals surface area contributed by atoms with Crippen molar-refractivity contribution in [3.63, 3.8) is 0 Å². The van der Waals surface area contributed by atoms with Gasteiger partial charge in [0, 0.05) is 48.2 Å². The van der Waals surface area contributed by atoms with E-state index in [1.807, 2.05) is 18.2 Å². The van der Waals surface area contributed by atoms with Crippen LogP contribution in [0.3, 0.4) is 0 Å². The van der Waals surface area contributed by atoms with Crippen LogP contribution in [0.2, 0.25) is 5.02 Å². The summed E-state index contributed by atoms with van der Waals surface area (Å²) in [4.78, 5) is 32.1. The molecule has 0 spiro atoms. The maximum Gasteiger partial charge on any atom is 0.246 e. The number of halogens is 2. The molecule has 2 atom stereocenters. The molecule has 2 saturated heterocycles. The number of amides is 1. The van der Waals surface area contributed by atoms with Gasteiger partial charge in [-0.1, -0.05) is 36.4 Å². The van der Waals surface area contributed by atoms with Gasteiger partial charge in [0.15, 0.2) is 11.6 Å². The maximum atomic E-state index is 17.0. The van der Waals surface area contributed by atoms with Crippen molar-refractivity contribution in [2.24, 2.45) is 0 Å². The van der Waals surface area contributed by atoms with Gasteiger partial charge in [-0.25, -0.2) is 20.9 Å². The molecule has 9 nitrogen and oxygen atoms in total. The van der Waals surface area contributed by atoms with Crippen LogP contribution < -0.4 is 9.64 Å². The van der Waals surface area contributed by atoms with Gasteiger partial charge in [-0.3, -0.25) is 4.79 Å². The van der Waals surface area contributed by atoms with E-state index < -0.39 is 5.82 Å². The highest BCUT2D eigenvalue weighted by molar-refractivity contribution is 6.35. The van der Waals surface area contributed by atoms with Crippen molar-refractivity contribution < 1.29 is 13.9 Å². The summed E-state index contributed by atoms with van der Waals surface area (Å²) in [5, 5.41) is 0.860. The van der Waals surface area contributed by atoms with Crippen LogP contribution in [-0.2, 0) is 11.2 Å². The number of imidazole rings is 1. The number of para-hydroxylation sites is 1. The molecule has 5 heterocycles. The predicted molar refractivity (Wildman–Crippen MR) is 174 cm³/mol. The molecule has 2 aromatic heterocycles. The molecule has 45 heavy (non-hydrogen) atoms. The van der Waals surface area contributed by atoms with Crippen LogP contribution in [-0.4, -0.2) is 89.2 Å². The number of hydrogen-bond donors (Lipinski definition) is 0. The first-order chi connectivity index (χ1) is 21.8. The van der Waals surface area contributed by atoms with Gasteiger partial charge in [-0.05, 0) is 57.5 Å². The Kier molecular flexibility index (Phi) is 7.62. The number of ether oxygens (including phenoxy) is 1. The largest absolute Gasteiger partial charge is 0.493 e. The number of likely N-dealkylation sites (N-methyl/N-ethyl adjacent to an activating group) is 1. The van der Waals surface area contributed by atoms with Gasteiger partial charge in [0.2, 0.25) is 12.5 Å². The molecule has 0 saturated carbocycles. The molecule has 3 aliphatic heterocycles. The van der Waals surface area contributed by atoms with Crippen molar-refractivity contribution >= 4 is 45.3 Å². The highest BCUT2D eigenvalue weighted by Gasteiger charge is 2.36. The van der Waals surface area contributed by atoms with Crippen LogP contribution in [0, 0.1) is 12.4 Å². The van der Waals surface area contributed by atoms with Crippen molar-refractivity contribution in [1.29, 1.82) is 0 Å². The molecule has 3 aliphatic rings. The van der Waals surface area contributed by atoms with E-state index in [1.165, 1.54) is 6.08 Å². The van der Waals surface area contributed by atoms with E-state index in [4.69, 9.17) is 32.9 Å². The number of aromatic nitrogens is 3. The summed E-state index contributed by atoms with van der Waals surface area (Å²) >= 11 is 6.96. The second kappa shape index (κ2) is 11.6. The minimum Gasteiger partial charge on any atom is -0.493 e. The molecule has 0 N–H and O–H groups in total. The van der Waals surface area contributed by atoms with E-state index in [9.17, 15) is 4.79 Å². The second-order valence-corrected chi connectivity index (χ2v) is 12.8. The van der Waals surface area contributed by atoms with Gasteiger partial charge < -0.3 is 28.8 Å². The Morgan fingerprint density at radius 1 is 1.31 bits per heavy atom. The summed E-state index contributed by atoms with van der Waals surface area (Å²) in [6.07, 6.45) is 6.11. The van der Waals surface area contributed by atoms with Crippen LogP contribution in [0.4, 0.5) is 10.2 Å². The van der Waals surface area contributed by atoms with Crippen LogP contribution in [0.1, 0.15) is 30.9 Å². The fourth-order valence-corrected chi connectivity index (χ4v) is 7.40. The molecule has 0 radical (unpaired) electrons. The summed E-state index contributed by atoms with van der Waals surface area (Å²) in [6, 6.07) is 7.64. The van der Waals surface area contributed by atoms with E-state index in [2.05, 4.69) is 39.9 Å². The van der Waals surface area contributed by atoms with E-state index in [0.717, 1.165) is 37.0 Å². The van der Waals surface area contributed by atoms with Crippen LogP contribution in [0.5, 0.6) is 5.75 Å². The Hall–Kier alpha value is -4.20. The molecule has 2 fully saturated rings. The molecule has 2 aromatic carbocycles. The van der Waals surface area contributed by atoms with Gasteiger partial charge in [0.25, 0.3) is 0 Å². The van der Waals surface area contributed by atoms with Crippen LogP contribution in [0.15, 0.2) is 43.2 Å². The van der Waals surface area contributed by atoms with E-state index in [1.54, 1.807) is 17.3 Å². The Balaban J connectivity index is 1.41. The highest BCUT2D eigenvalue weighted by Crippen LogP contribution is 2.45. The Morgan fingerprint density at radius 3 is 2.89 bits per heavy atom. The first-order valence-electron chi connectivity index (χ1n) is 15.4. The molecule has 0 aliphatic carbocycles. The third-order valence-electron chi connectivity index (χ3n) is 9.61. The van der Waals surface area contributed by atoms with Crippen molar-refractivity contribution in [3.8, 4) is 16.9 Å². The topological polar surface area (TPSA) is 71.1 Å². The standard InChI is InChI=1S/C34H35ClFN7O2/c1-5-27(44)42-12-11-21(14-22(42)16-37-2)43-19-38-31-32(43)25-15-26(35)28(24-10-6-8-20-9-7-13-45-33(20)24)29(36)30(25)39-34(31)41-17-23(18-41)40(3)4/h5-6,8,10,15,19,21-23H,1,7,9,11-14,16-18H2,3-4H3/t21-,22-/m0/s1. The third-order valence-corrected chi connectivity index (χ3v) is 9.91. The van der Waals surface area contributed by atoms with E-state index in [0.29, 0.717) is 60.1 Å². The normalized spacial score (nSPS) is 20.2. The number of hydrogen-bond acceptors (Lipinski definition) is 6. The Labute approximate surface area is 266 Å². The summed E-state index contributed by atoms with van der Waals surface area (Å²) in [5.74, 6) is 0.664. The number of rotatable bonds is 6. The number of carbonyl (C=O) groups excluding carboxylic acids is 1. The predicted octanol–water partition coefficient (Wildman–Crippen LogP) is 5.76. The lowest BCUT2D eigenvalue weighted by Gasteiger charge is -2.43. The fraction of sp³-hybridized carbons (Fsp3) is 0.412. The lowest BCUT2D eigenvalue weighted by atomic mass is 9.95. The molecule has 11 heteroatoms. The van der Waals surface area contributed by atoms with Gasteiger partial charge in [0.05, 0.1) is 23.5 Å². The van der Waals surface area contributed by atoms with Crippen LogP contribution >= 0.6 is 11.6 Å². The molecule has 0 bridgehead atoms. The van der Waals surface area contributed by atoms with Crippen molar-refractivity contribution in [2.45, 2.75) is 43.8 Å². The zero-order chi connectivity index (χ0) is 31.4. The second-order valence-electron chi connectivity index (χ2n) is 12.4. The number of likely N-dealkylation sites (tertiary alicyclic amines) is 1. The van der Waals surface area contributed by atoms with Crippen molar-refractivity contribution in [2.75, 3.05) is 51.8 Å². The summed E-state index contributed by atoms with van der Waals surface area (Å²) in [7, 11) is 4.11. The molecule has 1 amide bonds. The zero-order valence-corrected chi connectivity index (χ0v) is 26.2. The van der Waals surface area contributed by atoms with E-state index in [-0.39, 0.29) is 40.6 Å². The molecule has 0 unspecified atom stereocenters. The Bertz CT molecular complexity index is 1880. The smallest absolute Gasteiger partial charge is 0.246 e. The number of aryl methyl sites for hydroxylation is 1. The van der Waals surface area contributed by atoms with Gasteiger partial charge in [0.1, 0.15) is 22.8 Å². The maximum absolute atomic E-state index is 17.0. The number of pyridine rings is 1. The molecule has 4 aromatic rings. The quantitative estimate of drug-likeness (QED) is 0.200. The van der Waals surface area contributed by atoms with Crippen molar-refractivity contribution in [3.05, 3.63) is 71.1 Å². The minimum absolute atomic E-state index is 0.0592. The van der Waals surface area contributed by atoms with E-state index >= 15 is 4.39 Å². The lowest BCUT2D eigenvalue weighted by molar-refractivity contribution is -0.129. The van der Waals surface area contributed by atoms with Crippen molar-refractivity contribution in [1.82, 2.24) is 24.3 Å². The average molecular weight is 628 g/mol. The van der Waals surface area contributed by atoms with Gasteiger partial charge >= 0.3 is 0 Å². The lowest BCUT2D eigenvalue weighted by Crippen LogP contribution is -2.57. The number of benzene rings is 2. The fourth-order valence-electron chi connectivity index (χ4n) is 7.10. The minimum atomic E-state index is -0.488. The van der Waals surface area contributed by atoms with Crippen LogP contribution in [0.25, 0.3) is 37.9 Å². The highest BCUT2D eigenvalue weighted by atomic mass is 35.5.